The van der Waals surface area contributed by atoms with Crippen LogP contribution in [0.1, 0.15) is 74.8 Å². The van der Waals surface area contributed by atoms with Crippen molar-refractivity contribution in [1.29, 1.82) is 0 Å². The Morgan fingerprint density at radius 2 is 1.93 bits per heavy atom. The average molecular weight is 431 g/mol. The molecule has 0 aliphatic heterocycles. The van der Waals surface area contributed by atoms with Gasteiger partial charge in [0.05, 0.1) is 17.9 Å². The molecular formula is C21H27FN6OS. The Balaban J connectivity index is 1.46. The van der Waals surface area contributed by atoms with E-state index in [1.54, 1.807) is 24.5 Å². The van der Waals surface area contributed by atoms with Gasteiger partial charge in [-0.2, -0.15) is 5.10 Å². The van der Waals surface area contributed by atoms with Crippen molar-refractivity contribution in [2.24, 2.45) is 0 Å². The number of halogens is 1. The van der Waals surface area contributed by atoms with Crippen LogP contribution in [-0.2, 0) is 0 Å². The van der Waals surface area contributed by atoms with Crippen LogP contribution >= 0.6 is 11.3 Å². The minimum Gasteiger partial charge on any atom is -0.354 e. The first kappa shape index (κ1) is 19.7. The van der Waals surface area contributed by atoms with Crippen molar-refractivity contribution in [3.63, 3.8) is 0 Å². The fourth-order valence-electron chi connectivity index (χ4n) is 4.68. The molecule has 0 spiro atoms. The molecular weight excluding hydrogens is 403 g/mol. The highest BCUT2D eigenvalue weighted by atomic mass is 32.1. The summed E-state index contributed by atoms with van der Waals surface area (Å²) in [7, 11) is 3.98. The number of hydrogen-bond donors (Lipinski definition) is 1. The molecule has 0 amide bonds. The minimum absolute atomic E-state index is 0.0897. The maximum Gasteiger partial charge on any atom is 0.262 e. The van der Waals surface area contributed by atoms with Gasteiger partial charge in [0.2, 0.25) is 0 Å². The second-order valence-electron chi connectivity index (χ2n) is 9.16. The SMILES string of the molecule is CN(C)c1nc([C@H]2CC[C@H]2c2nc3c(cnn3C3CCC(C)(F)CC3)c(=O)[nH]2)cs1. The first-order chi connectivity index (χ1) is 14.3. The number of rotatable bonds is 4. The molecule has 2 aliphatic rings. The highest BCUT2D eigenvalue weighted by Crippen LogP contribution is 2.48. The quantitative estimate of drug-likeness (QED) is 0.673. The largest absolute Gasteiger partial charge is 0.354 e. The predicted molar refractivity (Wildman–Crippen MR) is 116 cm³/mol. The number of anilines is 1. The Labute approximate surface area is 178 Å². The molecule has 1 N–H and O–H groups in total. The van der Waals surface area contributed by atoms with E-state index in [0.29, 0.717) is 36.7 Å². The number of nitrogens with zero attached hydrogens (tertiary/aromatic N) is 5. The van der Waals surface area contributed by atoms with Crippen molar-refractivity contribution >= 4 is 27.5 Å². The lowest BCUT2D eigenvalue weighted by molar-refractivity contribution is 0.103. The van der Waals surface area contributed by atoms with Crippen LogP contribution in [0.2, 0.25) is 0 Å². The first-order valence-corrected chi connectivity index (χ1v) is 11.5. The van der Waals surface area contributed by atoms with Gasteiger partial charge in [-0.15, -0.1) is 11.3 Å². The molecule has 2 aliphatic carbocycles. The smallest absolute Gasteiger partial charge is 0.262 e. The van der Waals surface area contributed by atoms with E-state index in [4.69, 9.17) is 9.97 Å². The molecule has 9 heteroatoms. The Kier molecular flexibility index (Phi) is 4.68. The third-order valence-electron chi connectivity index (χ3n) is 6.72. The number of thiazole rings is 1. The zero-order valence-electron chi connectivity index (χ0n) is 17.6. The second kappa shape index (κ2) is 7.14. The van der Waals surface area contributed by atoms with E-state index in [1.165, 1.54) is 0 Å². The third-order valence-corrected chi connectivity index (χ3v) is 7.75. The third kappa shape index (κ3) is 3.33. The molecule has 3 heterocycles. The van der Waals surface area contributed by atoms with Crippen LogP contribution in [0.15, 0.2) is 16.4 Å². The monoisotopic (exact) mass is 430 g/mol. The topological polar surface area (TPSA) is 79.7 Å². The Hall–Kier alpha value is -2.29. The number of hydrogen-bond acceptors (Lipinski definition) is 6. The molecule has 2 saturated carbocycles. The number of fused-ring (bicyclic) bond motifs is 1. The van der Waals surface area contributed by atoms with Gasteiger partial charge < -0.3 is 9.88 Å². The zero-order chi connectivity index (χ0) is 21.0. The summed E-state index contributed by atoms with van der Waals surface area (Å²) in [5.74, 6) is 1.15. The molecule has 2 atom stereocenters. The summed E-state index contributed by atoms with van der Waals surface area (Å²) in [6, 6.07) is 0.0897. The maximum absolute atomic E-state index is 14.2. The number of aromatic nitrogens is 5. The highest BCUT2D eigenvalue weighted by Gasteiger charge is 2.38. The lowest BCUT2D eigenvalue weighted by Gasteiger charge is -2.34. The predicted octanol–water partition coefficient (Wildman–Crippen LogP) is 4.15. The van der Waals surface area contributed by atoms with Crippen molar-refractivity contribution < 1.29 is 4.39 Å². The molecule has 0 bridgehead atoms. The molecule has 7 nitrogen and oxygen atoms in total. The molecule has 3 aromatic heterocycles. The molecule has 30 heavy (non-hydrogen) atoms. The van der Waals surface area contributed by atoms with Crippen LogP contribution in [0.4, 0.5) is 9.52 Å². The van der Waals surface area contributed by atoms with E-state index < -0.39 is 5.67 Å². The molecule has 0 unspecified atom stereocenters. The Morgan fingerprint density at radius 3 is 2.57 bits per heavy atom. The van der Waals surface area contributed by atoms with Crippen LogP contribution in [0.25, 0.3) is 11.0 Å². The van der Waals surface area contributed by atoms with Gasteiger partial charge in [0.1, 0.15) is 16.9 Å². The molecule has 5 rings (SSSR count). The second-order valence-corrected chi connectivity index (χ2v) is 10.00. The summed E-state index contributed by atoms with van der Waals surface area (Å²) in [6.45, 7) is 1.67. The molecule has 160 valence electrons. The summed E-state index contributed by atoms with van der Waals surface area (Å²) in [5, 5.41) is 8.08. The molecule has 2 fully saturated rings. The Morgan fingerprint density at radius 1 is 1.20 bits per heavy atom. The maximum atomic E-state index is 14.2. The van der Waals surface area contributed by atoms with Gasteiger partial charge in [0.15, 0.2) is 10.8 Å². The van der Waals surface area contributed by atoms with E-state index >= 15 is 0 Å². The van der Waals surface area contributed by atoms with Crippen LogP contribution in [-0.4, -0.2) is 44.5 Å². The normalized spacial score (nSPS) is 29.1. The van der Waals surface area contributed by atoms with Gasteiger partial charge in [0, 0.05) is 31.3 Å². The van der Waals surface area contributed by atoms with E-state index in [0.717, 1.165) is 29.5 Å². The van der Waals surface area contributed by atoms with Gasteiger partial charge in [0.25, 0.3) is 5.56 Å². The Bertz CT molecular complexity index is 1120. The molecule has 0 aromatic carbocycles. The van der Waals surface area contributed by atoms with E-state index in [-0.39, 0.29) is 23.4 Å². The van der Waals surface area contributed by atoms with Crippen molar-refractivity contribution in [1.82, 2.24) is 24.7 Å². The minimum atomic E-state index is -1.10. The molecule has 0 radical (unpaired) electrons. The number of alkyl halides is 1. The highest BCUT2D eigenvalue weighted by molar-refractivity contribution is 7.13. The van der Waals surface area contributed by atoms with Crippen molar-refractivity contribution in [2.75, 3.05) is 19.0 Å². The van der Waals surface area contributed by atoms with Crippen LogP contribution in [0.5, 0.6) is 0 Å². The van der Waals surface area contributed by atoms with E-state index in [9.17, 15) is 9.18 Å². The fraction of sp³-hybridized carbons (Fsp3) is 0.619. The fourth-order valence-corrected chi connectivity index (χ4v) is 5.50. The van der Waals surface area contributed by atoms with Gasteiger partial charge in [-0.05, 0) is 45.4 Å². The van der Waals surface area contributed by atoms with Crippen LogP contribution in [0, 0.1) is 0 Å². The summed E-state index contributed by atoms with van der Waals surface area (Å²) in [5.41, 5.74) is 0.447. The van der Waals surface area contributed by atoms with Crippen LogP contribution in [0.3, 0.4) is 0 Å². The summed E-state index contributed by atoms with van der Waals surface area (Å²) in [6.07, 6.45) is 6.06. The van der Waals surface area contributed by atoms with Crippen molar-refractivity contribution in [3.8, 4) is 0 Å². The van der Waals surface area contributed by atoms with Gasteiger partial charge in [-0.25, -0.2) is 19.0 Å². The van der Waals surface area contributed by atoms with Crippen LogP contribution < -0.4 is 10.5 Å². The lowest BCUT2D eigenvalue weighted by Crippen LogP contribution is -2.29. The summed E-state index contributed by atoms with van der Waals surface area (Å²) >= 11 is 1.64. The first-order valence-electron chi connectivity index (χ1n) is 10.6. The molecule has 3 aromatic rings. The number of H-pyrrole nitrogens is 1. The number of aromatic amines is 1. The van der Waals surface area contributed by atoms with Crippen molar-refractivity contribution in [3.05, 3.63) is 33.4 Å². The molecule has 0 saturated heterocycles. The van der Waals surface area contributed by atoms with E-state index in [1.807, 2.05) is 23.7 Å². The van der Waals surface area contributed by atoms with E-state index in [2.05, 4.69) is 15.5 Å². The average Bonchev–Trinajstić information content (AvgIpc) is 3.29. The lowest BCUT2D eigenvalue weighted by atomic mass is 9.71. The van der Waals surface area contributed by atoms with Gasteiger partial charge in [-0.1, -0.05) is 0 Å². The zero-order valence-corrected chi connectivity index (χ0v) is 18.4. The van der Waals surface area contributed by atoms with Crippen molar-refractivity contribution in [2.45, 2.75) is 69.0 Å². The van der Waals surface area contributed by atoms with Gasteiger partial charge >= 0.3 is 0 Å². The summed E-state index contributed by atoms with van der Waals surface area (Å²) < 4.78 is 16.1. The van der Waals surface area contributed by atoms with Gasteiger partial charge in [-0.3, -0.25) is 4.79 Å². The number of nitrogens with one attached hydrogen (secondary N) is 1. The summed E-state index contributed by atoms with van der Waals surface area (Å²) in [4.78, 5) is 27.4. The standard InChI is InChI=1S/C21H27FN6OS/c1-21(22)8-6-12(7-9-21)28-18-15(10-23-28)19(29)26-17(25-18)14-5-4-13(14)16-11-30-20(24-16)27(2)3/h10-14H,4-9H2,1-3H3,(H,25,26,29)/t12?,13-,14+,21?/m0/s1.